The maximum Gasteiger partial charge on any atom is 0.257 e. The van der Waals surface area contributed by atoms with Crippen molar-refractivity contribution in [2.75, 3.05) is 13.1 Å². The quantitative estimate of drug-likeness (QED) is 0.927. The molecule has 2 heterocycles. The van der Waals surface area contributed by atoms with Crippen molar-refractivity contribution >= 4 is 5.91 Å². The van der Waals surface area contributed by atoms with Gasteiger partial charge in [-0.3, -0.25) is 4.79 Å². The summed E-state index contributed by atoms with van der Waals surface area (Å²) in [6.07, 6.45) is 4.50. The van der Waals surface area contributed by atoms with E-state index < -0.39 is 6.10 Å². The molecule has 1 aromatic carbocycles. The Morgan fingerprint density at radius 3 is 2.64 bits per heavy atom. The number of amides is 1. The SMILES string of the molecule is CCc1ncncc1C(=O)N1CCC([C@@H](O)c2ccc(F)cc2)CC1. The number of rotatable bonds is 4. The van der Waals surface area contributed by atoms with Crippen molar-refractivity contribution in [1.29, 1.82) is 0 Å². The summed E-state index contributed by atoms with van der Waals surface area (Å²) in [5.41, 5.74) is 2.03. The number of hydrogen-bond donors (Lipinski definition) is 1. The molecule has 6 heteroatoms. The zero-order chi connectivity index (χ0) is 17.8. The molecule has 1 fully saturated rings. The van der Waals surface area contributed by atoms with E-state index in [2.05, 4.69) is 9.97 Å². The van der Waals surface area contributed by atoms with Crippen molar-refractivity contribution in [1.82, 2.24) is 14.9 Å². The molecule has 0 spiro atoms. The van der Waals surface area contributed by atoms with Crippen LogP contribution in [0.25, 0.3) is 0 Å². The second-order valence-electron chi connectivity index (χ2n) is 6.36. The fourth-order valence-corrected chi connectivity index (χ4v) is 3.34. The average Bonchev–Trinajstić information content (AvgIpc) is 2.67. The zero-order valence-corrected chi connectivity index (χ0v) is 14.2. The number of aliphatic hydroxyl groups excluding tert-OH is 1. The van der Waals surface area contributed by atoms with Gasteiger partial charge in [-0.1, -0.05) is 19.1 Å². The number of carbonyl (C=O) groups excluding carboxylic acids is 1. The minimum atomic E-state index is -0.635. The second kappa shape index (κ2) is 7.70. The third-order valence-electron chi connectivity index (χ3n) is 4.84. The Bertz CT molecular complexity index is 728. The highest BCUT2D eigenvalue weighted by Crippen LogP contribution is 2.31. The number of aromatic nitrogens is 2. The number of aryl methyl sites for hydroxylation is 1. The monoisotopic (exact) mass is 343 g/mol. The fourth-order valence-electron chi connectivity index (χ4n) is 3.34. The number of nitrogens with zero attached hydrogens (tertiary/aromatic N) is 3. The summed E-state index contributed by atoms with van der Waals surface area (Å²) < 4.78 is 13.0. The van der Waals surface area contributed by atoms with E-state index in [1.54, 1.807) is 23.2 Å². The molecule has 1 saturated heterocycles. The van der Waals surface area contributed by atoms with E-state index >= 15 is 0 Å². The number of likely N-dealkylation sites (tertiary alicyclic amines) is 1. The standard InChI is InChI=1S/C19H22FN3O2/c1-2-17-16(11-21-12-22-17)19(25)23-9-7-14(8-10-23)18(24)13-3-5-15(20)6-4-13/h3-6,11-12,14,18,24H,2,7-10H2,1H3/t18-/m0/s1. The molecular weight excluding hydrogens is 321 g/mol. The minimum absolute atomic E-state index is 0.0489. The Labute approximate surface area is 146 Å². The normalized spacial score (nSPS) is 16.7. The molecule has 3 rings (SSSR count). The second-order valence-corrected chi connectivity index (χ2v) is 6.36. The first-order valence-electron chi connectivity index (χ1n) is 8.61. The summed E-state index contributed by atoms with van der Waals surface area (Å²) in [4.78, 5) is 22.6. The molecule has 0 unspecified atom stereocenters. The Morgan fingerprint density at radius 1 is 1.32 bits per heavy atom. The van der Waals surface area contributed by atoms with Crippen LogP contribution in [-0.2, 0) is 6.42 Å². The molecule has 25 heavy (non-hydrogen) atoms. The summed E-state index contributed by atoms with van der Waals surface area (Å²) in [6, 6.07) is 5.95. The minimum Gasteiger partial charge on any atom is -0.388 e. The summed E-state index contributed by atoms with van der Waals surface area (Å²) in [5.74, 6) is -0.299. The zero-order valence-electron chi connectivity index (χ0n) is 14.2. The topological polar surface area (TPSA) is 66.3 Å². The predicted octanol–water partition coefficient (Wildman–Crippen LogP) is 2.76. The van der Waals surface area contributed by atoms with Gasteiger partial charge in [-0.05, 0) is 42.9 Å². The lowest BCUT2D eigenvalue weighted by Crippen LogP contribution is -2.40. The Morgan fingerprint density at radius 2 is 2.00 bits per heavy atom. The van der Waals surface area contributed by atoms with Crippen LogP contribution in [0.15, 0.2) is 36.8 Å². The van der Waals surface area contributed by atoms with Crippen LogP contribution in [0.3, 0.4) is 0 Å². The van der Waals surface area contributed by atoms with Crippen LogP contribution < -0.4 is 0 Å². The number of halogens is 1. The van der Waals surface area contributed by atoms with E-state index in [4.69, 9.17) is 0 Å². The maximum absolute atomic E-state index is 13.0. The van der Waals surface area contributed by atoms with Gasteiger partial charge in [0.25, 0.3) is 5.91 Å². The smallest absolute Gasteiger partial charge is 0.257 e. The molecule has 1 aliphatic heterocycles. The molecule has 1 aliphatic rings. The van der Waals surface area contributed by atoms with E-state index in [1.165, 1.54) is 18.5 Å². The third-order valence-corrected chi connectivity index (χ3v) is 4.84. The highest BCUT2D eigenvalue weighted by atomic mass is 19.1. The molecule has 1 aromatic heterocycles. The summed E-state index contributed by atoms with van der Waals surface area (Å²) in [5, 5.41) is 10.5. The first kappa shape index (κ1) is 17.5. The molecule has 0 saturated carbocycles. The Hall–Kier alpha value is -2.34. The van der Waals surface area contributed by atoms with Crippen LogP contribution in [0.4, 0.5) is 4.39 Å². The Balaban J connectivity index is 1.63. The van der Waals surface area contributed by atoms with Crippen LogP contribution in [0, 0.1) is 11.7 Å². The van der Waals surface area contributed by atoms with E-state index in [0.717, 1.165) is 11.3 Å². The number of piperidine rings is 1. The van der Waals surface area contributed by atoms with Gasteiger partial charge in [0.05, 0.1) is 17.4 Å². The molecule has 132 valence electrons. The Kier molecular flexibility index (Phi) is 5.38. The molecule has 2 aromatic rings. The van der Waals surface area contributed by atoms with Crippen molar-refractivity contribution in [2.45, 2.75) is 32.3 Å². The van der Waals surface area contributed by atoms with Gasteiger partial charge < -0.3 is 10.0 Å². The van der Waals surface area contributed by atoms with Crippen molar-refractivity contribution in [3.05, 3.63) is 59.4 Å². The van der Waals surface area contributed by atoms with E-state index in [1.807, 2.05) is 6.92 Å². The first-order chi connectivity index (χ1) is 12.1. The highest BCUT2D eigenvalue weighted by molar-refractivity contribution is 5.95. The molecule has 0 bridgehead atoms. The van der Waals surface area contributed by atoms with Gasteiger partial charge in [0, 0.05) is 19.3 Å². The van der Waals surface area contributed by atoms with Gasteiger partial charge in [-0.2, -0.15) is 0 Å². The average molecular weight is 343 g/mol. The van der Waals surface area contributed by atoms with E-state index in [-0.39, 0.29) is 17.6 Å². The number of aliphatic hydroxyl groups is 1. The number of benzene rings is 1. The summed E-state index contributed by atoms with van der Waals surface area (Å²) in [6.45, 7) is 3.13. The van der Waals surface area contributed by atoms with E-state index in [9.17, 15) is 14.3 Å². The predicted molar refractivity (Wildman–Crippen MR) is 91.4 cm³/mol. The van der Waals surface area contributed by atoms with Gasteiger partial charge in [0.15, 0.2) is 0 Å². The van der Waals surface area contributed by atoms with Crippen molar-refractivity contribution in [3.8, 4) is 0 Å². The van der Waals surface area contributed by atoms with Gasteiger partial charge in [0.2, 0.25) is 0 Å². The van der Waals surface area contributed by atoms with Crippen LogP contribution >= 0.6 is 0 Å². The lowest BCUT2D eigenvalue weighted by atomic mass is 9.87. The van der Waals surface area contributed by atoms with Crippen LogP contribution in [-0.4, -0.2) is 39.0 Å². The van der Waals surface area contributed by atoms with Gasteiger partial charge in [0.1, 0.15) is 12.1 Å². The summed E-state index contributed by atoms with van der Waals surface area (Å²) in [7, 11) is 0. The van der Waals surface area contributed by atoms with Crippen LogP contribution in [0.1, 0.15) is 47.5 Å². The van der Waals surface area contributed by atoms with Crippen molar-refractivity contribution in [2.24, 2.45) is 5.92 Å². The number of carbonyl (C=O) groups is 1. The van der Waals surface area contributed by atoms with Crippen LogP contribution in [0.2, 0.25) is 0 Å². The molecule has 5 nitrogen and oxygen atoms in total. The van der Waals surface area contributed by atoms with E-state index in [0.29, 0.717) is 37.9 Å². The molecule has 0 radical (unpaired) electrons. The maximum atomic E-state index is 13.0. The first-order valence-corrected chi connectivity index (χ1v) is 8.61. The molecule has 0 aliphatic carbocycles. The lowest BCUT2D eigenvalue weighted by Gasteiger charge is -2.34. The van der Waals surface area contributed by atoms with Gasteiger partial charge in [-0.25, -0.2) is 14.4 Å². The van der Waals surface area contributed by atoms with Crippen molar-refractivity contribution < 1.29 is 14.3 Å². The molecule has 1 atom stereocenters. The third kappa shape index (κ3) is 3.85. The fraction of sp³-hybridized carbons (Fsp3) is 0.421. The largest absolute Gasteiger partial charge is 0.388 e. The number of hydrogen-bond acceptors (Lipinski definition) is 4. The van der Waals surface area contributed by atoms with Crippen LogP contribution in [0.5, 0.6) is 0 Å². The van der Waals surface area contributed by atoms with Gasteiger partial charge >= 0.3 is 0 Å². The lowest BCUT2D eigenvalue weighted by molar-refractivity contribution is 0.0460. The molecule has 1 N–H and O–H groups in total. The van der Waals surface area contributed by atoms with Gasteiger partial charge in [-0.15, -0.1) is 0 Å². The molecule has 1 amide bonds. The highest BCUT2D eigenvalue weighted by Gasteiger charge is 2.29. The molecular formula is C19H22FN3O2. The van der Waals surface area contributed by atoms with Crippen molar-refractivity contribution in [3.63, 3.8) is 0 Å². The summed E-state index contributed by atoms with van der Waals surface area (Å²) >= 11 is 0.